The normalized spacial score (nSPS) is 11.5. The molecule has 0 aliphatic heterocycles. The van der Waals surface area contributed by atoms with Crippen molar-refractivity contribution in [3.05, 3.63) is 28.8 Å². The lowest BCUT2D eigenvalue weighted by Crippen LogP contribution is -1.84. The van der Waals surface area contributed by atoms with Gasteiger partial charge in [-0.15, -0.1) is 11.3 Å². The molecule has 0 aliphatic carbocycles. The number of hydrazone groups is 1. The van der Waals surface area contributed by atoms with Crippen molar-refractivity contribution in [1.82, 2.24) is 4.98 Å². The molecule has 0 saturated carbocycles. The molecular weight excluding hydrogens is 182 g/mol. The van der Waals surface area contributed by atoms with Gasteiger partial charge in [0.15, 0.2) is 0 Å². The molecule has 1 heterocycles. The zero-order valence-electron chi connectivity index (χ0n) is 7.19. The fraction of sp³-hybridized carbons (Fsp3) is 0.111. The van der Waals surface area contributed by atoms with Crippen molar-refractivity contribution in [2.24, 2.45) is 10.9 Å². The minimum Gasteiger partial charge on any atom is -0.323 e. The number of para-hydroxylation sites is 1. The molecule has 0 unspecified atom stereocenters. The monoisotopic (exact) mass is 191 g/mol. The first kappa shape index (κ1) is 8.19. The number of hydrogen-bond acceptors (Lipinski definition) is 4. The Hall–Kier alpha value is -1.42. The summed E-state index contributed by atoms with van der Waals surface area (Å²) in [6, 6.07) is 6.12. The molecule has 2 N–H and O–H groups in total. The van der Waals surface area contributed by atoms with E-state index in [1.807, 2.05) is 25.1 Å². The SMILES string of the molecule is Cc1cccc2sc(C=NN)nc12. The summed E-state index contributed by atoms with van der Waals surface area (Å²) in [5.74, 6) is 5.06. The van der Waals surface area contributed by atoms with Crippen LogP contribution in [-0.2, 0) is 0 Å². The Morgan fingerprint density at radius 3 is 3.08 bits per heavy atom. The number of nitrogens with zero attached hydrogens (tertiary/aromatic N) is 2. The highest BCUT2D eigenvalue weighted by Gasteiger charge is 2.02. The highest BCUT2D eigenvalue weighted by atomic mass is 32.1. The molecule has 0 radical (unpaired) electrons. The molecule has 1 aromatic heterocycles. The van der Waals surface area contributed by atoms with Gasteiger partial charge in [0, 0.05) is 0 Å². The van der Waals surface area contributed by atoms with E-state index in [9.17, 15) is 0 Å². The lowest BCUT2D eigenvalue weighted by atomic mass is 10.2. The number of benzene rings is 1. The predicted octanol–water partition coefficient (Wildman–Crippen LogP) is 1.90. The van der Waals surface area contributed by atoms with E-state index in [0.29, 0.717) is 0 Å². The van der Waals surface area contributed by atoms with Crippen LogP contribution in [0.4, 0.5) is 0 Å². The largest absolute Gasteiger partial charge is 0.323 e. The summed E-state index contributed by atoms with van der Waals surface area (Å²) < 4.78 is 1.18. The quantitative estimate of drug-likeness (QED) is 0.425. The number of aromatic nitrogens is 1. The van der Waals surface area contributed by atoms with E-state index < -0.39 is 0 Å². The van der Waals surface area contributed by atoms with Crippen LogP contribution >= 0.6 is 11.3 Å². The van der Waals surface area contributed by atoms with E-state index >= 15 is 0 Å². The van der Waals surface area contributed by atoms with E-state index in [1.165, 1.54) is 10.3 Å². The molecule has 2 rings (SSSR count). The van der Waals surface area contributed by atoms with Gasteiger partial charge in [0.05, 0.1) is 16.4 Å². The first-order valence-electron chi connectivity index (χ1n) is 3.90. The molecule has 0 amide bonds. The topological polar surface area (TPSA) is 51.3 Å². The molecule has 0 atom stereocenters. The summed E-state index contributed by atoms with van der Waals surface area (Å²) in [4.78, 5) is 4.39. The number of hydrogen-bond donors (Lipinski definition) is 1. The predicted molar refractivity (Wildman–Crippen MR) is 56.1 cm³/mol. The van der Waals surface area contributed by atoms with Crippen LogP contribution in [0.2, 0.25) is 0 Å². The van der Waals surface area contributed by atoms with Crippen LogP contribution < -0.4 is 5.84 Å². The molecule has 0 fully saturated rings. The highest BCUT2D eigenvalue weighted by Crippen LogP contribution is 2.23. The van der Waals surface area contributed by atoms with Crippen LogP contribution in [0.3, 0.4) is 0 Å². The number of nitrogens with two attached hydrogens (primary N) is 1. The van der Waals surface area contributed by atoms with Crippen LogP contribution in [0.1, 0.15) is 10.6 Å². The van der Waals surface area contributed by atoms with Crippen molar-refractivity contribution in [2.75, 3.05) is 0 Å². The third-order valence-corrected chi connectivity index (χ3v) is 2.78. The Bertz CT molecular complexity index is 459. The van der Waals surface area contributed by atoms with E-state index in [-0.39, 0.29) is 0 Å². The minimum absolute atomic E-state index is 0.854. The van der Waals surface area contributed by atoms with Crippen molar-refractivity contribution in [3.63, 3.8) is 0 Å². The first-order valence-corrected chi connectivity index (χ1v) is 4.72. The van der Waals surface area contributed by atoms with E-state index in [1.54, 1.807) is 17.6 Å². The summed E-state index contributed by atoms with van der Waals surface area (Å²) in [5.41, 5.74) is 2.23. The van der Waals surface area contributed by atoms with Crippen LogP contribution in [-0.4, -0.2) is 11.2 Å². The van der Waals surface area contributed by atoms with E-state index in [4.69, 9.17) is 5.84 Å². The Morgan fingerprint density at radius 2 is 2.38 bits per heavy atom. The third-order valence-electron chi connectivity index (χ3n) is 1.82. The molecular formula is C9H9N3S. The van der Waals surface area contributed by atoms with Crippen LogP contribution in [0.15, 0.2) is 23.3 Å². The van der Waals surface area contributed by atoms with Crippen molar-refractivity contribution in [1.29, 1.82) is 0 Å². The average Bonchev–Trinajstić information content (AvgIpc) is 2.49. The molecule has 0 saturated heterocycles. The van der Waals surface area contributed by atoms with Crippen molar-refractivity contribution in [3.8, 4) is 0 Å². The standard InChI is InChI=1S/C9H9N3S/c1-6-3-2-4-7-9(6)12-8(13-7)5-11-10/h2-5H,10H2,1H3. The lowest BCUT2D eigenvalue weighted by Gasteiger charge is -1.90. The number of rotatable bonds is 1. The molecule has 1 aromatic carbocycles. The fourth-order valence-corrected chi connectivity index (χ4v) is 2.15. The van der Waals surface area contributed by atoms with E-state index in [2.05, 4.69) is 10.1 Å². The second-order valence-corrected chi connectivity index (χ2v) is 3.81. The van der Waals surface area contributed by atoms with Crippen LogP contribution in [0.25, 0.3) is 10.2 Å². The number of aryl methyl sites for hydroxylation is 1. The molecule has 2 aromatic rings. The minimum atomic E-state index is 0.854. The lowest BCUT2D eigenvalue weighted by molar-refractivity contribution is 1.26. The first-order chi connectivity index (χ1) is 6.31. The summed E-state index contributed by atoms with van der Waals surface area (Å²) in [5, 5.41) is 4.31. The summed E-state index contributed by atoms with van der Waals surface area (Å²) in [7, 11) is 0. The Kier molecular flexibility index (Phi) is 1.98. The molecule has 3 nitrogen and oxygen atoms in total. The average molecular weight is 191 g/mol. The second-order valence-electron chi connectivity index (χ2n) is 2.75. The Labute approximate surface area is 79.9 Å². The molecule has 4 heteroatoms. The van der Waals surface area contributed by atoms with Gasteiger partial charge in [-0.05, 0) is 18.6 Å². The van der Waals surface area contributed by atoms with Gasteiger partial charge in [0.2, 0.25) is 0 Å². The van der Waals surface area contributed by atoms with Gasteiger partial charge < -0.3 is 5.84 Å². The third kappa shape index (κ3) is 1.40. The van der Waals surface area contributed by atoms with Gasteiger partial charge in [0.1, 0.15) is 5.01 Å². The smallest absolute Gasteiger partial charge is 0.137 e. The molecule has 13 heavy (non-hydrogen) atoms. The van der Waals surface area contributed by atoms with Gasteiger partial charge in [-0.3, -0.25) is 0 Å². The number of thiazole rings is 1. The zero-order chi connectivity index (χ0) is 9.26. The summed E-state index contributed by atoms with van der Waals surface area (Å²) >= 11 is 1.60. The van der Waals surface area contributed by atoms with Gasteiger partial charge >= 0.3 is 0 Å². The maximum absolute atomic E-state index is 5.06. The van der Waals surface area contributed by atoms with E-state index in [0.717, 1.165) is 10.5 Å². The van der Waals surface area contributed by atoms with Crippen molar-refractivity contribution >= 4 is 27.8 Å². The highest BCUT2D eigenvalue weighted by molar-refractivity contribution is 7.20. The molecule has 0 bridgehead atoms. The van der Waals surface area contributed by atoms with Gasteiger partial charge in [0.25, 0.3) is 0 Å². The van der Waals surface area contributed by atoms with Crippen LogP contribution in [0.5, 0.6) is 0 Å². The zero-order valence-corrected chi connectivity index (χ0v) is 8.01. The van der Waals surface area contributed by atoms with Crippen molar-refractivity contribution in [2.45, 2.75) is 6.92 Å². The number of fused-ring (bicyclic) bond motifs is 1. The van der Waals surface area contributed by atoms with Crippen LogP contribution in [0, 0.1) is 6.92 Å². The summed E-state index contributed by atoms with van der Waals surface area (Å²) in [6.45, 7) is 2.05. The molecule has 66 valence electrons. The van der Waals surface area contributed by atoms with Crippen molar-refractivity contribution < 1.29 is 0 Å². The molecule has 0 aliphatic rings. The maximum atomic E-state index is 5.06. The Balaban J connectivity index is 2.68. The van der Waals surface area contributed by atoms with Gasteiger partial charge in [-0.2, -0.15) is 5.10 Å². The Morgan fingerprint density at radius 1 is 1.54 bits per heavy atom. The summed E-state index contributed by atoms with van der Waals surface area (Å²) in [6.07, 6.45) is 1.57. The fourth-order valence-electron chi connectivity index (χ4n) is 1.22. The second kappa shape index (κ2) is 3.14. The maximum Gasteiger partial charge on any atom is 0.137 e. The molecule has 0 spiro atoms. The van der Waals surface area contributed by atoms with Gasteiger partial charge in [-0.1, -0.05) is 12.1 Å². The van der Waals surface area contributed by atoms with Gasteiger partial charge in [-0.25, -0.2) is 4.98 Å².